The molecule has 2 N–H and O–H groups in total. The monoisotopic (exact) mass is 354 g/mol. The highest BCUT2D eigenvalue weighted by molar-refractivity contribution is 5.93. The van der Waals surface area contributed by atoms with E-state index in [1.807, 2.05) is 62.4 Å². The summed E-state index contributed by atoms with van der Waals surface area (Å²) in [5.41, 5.74) is 2.60. The van der Waals surface area contributed by atoms with E-state index in [0.29, 0.717) is 18.0 Å². The van der Waals surface area contributed by atoms with E-state index < -0.39 is 0 Å². The fourth-order valence-electron chi connectivity index (χ4n) is 2.63. The van der Waals surface area contributed by atoms with Crippen LogP contribution in [0.4, 0.5) is 5.69 Å². The van der Waals surface area contributed by atoms with Crippen LogP contribution in [0, 0.1) is 6.92 Å². The highest BCUT2D eigenvalue weighted by Crippen LogP contribution is 2.27. The first kappa shape index (κ1) is 19.5. The topological polar surface area (TPSA) is 67.4 Å². The van der Waals surface area contributed by atoms with Crippen LogP contribution >= 0.6 is 0 Å². The van der Waals surface area contributed by atoms with Gasteiger partial charge in [-0.15, -0.1) is 0 Å². The van der Waals surface area contributed by atoms with Gasteiger partial charge in [0, 0.05) is 6.92 Å². The molecule has 0 bridgehead atoms. The van der Waals surface area contributed by atoms with Crippen LogP contribution in [-0.2, 0) is 9.59 Å². The first-order valence-corrected chi connectivity index (χ1v) is 8.85. The standard InChI is InChI=1S/C21H26N2O3/c1-4-12-26-20-13-15(2)10-11-18(20)23-21(25)14-19(22-16(3)24)17-8-6-5-7-9-17/h5-11,13,19H,4,12,14H2,1-3H3,(H,22,24)(H,23,25). The third-order valence-electron chi connectivity index (χ3n) is 3.84. The maximum absolute atomic E-state index is 12.6. The van der Waals surface area contributed by atoms with Gasteiger partial charge in [-0.1, -0.05) is 43.3 Å². The number of benzene rings is 2. The van der Waals surface area contributed by atoms with Gasteiger partial charge >= 0.3 is 0 Å². The molecule has 1 unspecified atom stereocenters. The van der Waals surface area contributed by atoms with Crippen molar-refractivity contribution in [3.05, 3.63) is 59.7 Å². The van der Waals surface area contributed by atoms with Gasteiger partial charge in [0.1, 0.15) is 5.75 Å². The first-order chi connectivity index (χ1) is 12.5. The summed E-state index contributed by atoms with van der Waals surface area (Å²) in [4.78, 5) is 24.1. The molecule has 0 saturated carbocycles. The molecule has 0 aliphatic carbocycles. The van der Waals surface area contributed by atoms with Crippen molar-refractivity contribution in [1.29, 1.82) is 0 Å². The van der Waals surface area contributed by atoms with Crippen LogP contribution in [0.25, 0.3) is 0 Å². The van der Waals surface area contributed by atoms with Crippen LogP contribution < -0.4 is 15.4 Å². The van der Waals surface area contributed by atoms with E-state index in [2.05, 4.69) is 10.6 Å². The van der Waals surface area contributed by atoms with Gasteiger partial charge in [-0.25, -0.2) is 0 Å². The molecular formula is C21H26N2O3. The van der Waals surface area contributed by atoms with E-state index in [-0.39, 0.29) is 24.3 Å². The van der Waals surface area contributed by atoms with Crippen molar-refractivity contribution in [3.8, 4) is 5.75 Å². The molecule has 2 rings (SSSR count). The van der Waals surface area contributed by atoms with Crippen molar-refractivity contribution in [2.45, 2.75) is 39.7 Å². The van der Waals surface area contributed by atoms with E-state index in [1.165, 1.54) is 6.92 Å². The Labute approximate surface area is 154 Å². The van der Waals surface area contributed by atoms with E-state index in [4.69, 9.17) is 4.74 Å². The van der Waals surface area contributed by atoms with Gasteiger partial charge in [0.15, 0.2) is 0 Å². The Morgan fingerprint density at radius 2 is 1.85 bits per heavy atom. The predicted molar refractivity (Wildman–Crippen MR) is 103 cm³/mol. The number of carbonyl (C=O) groups excluding carboxylic acids is 2. The Morgan fingerprint density at radius 3 is 2.50 bits per heavy atom. The molecule has 0 fully saturated rings. The third-order valence-corrected chi connectivity index (χ3v) is 3.84. The second-order valence-electron chi connectivity index (χ2n) is 6.26. The smallest absolute Gasteiger partial charge is 0.226 e. The molecule has 5 nitrogen and oxygen atoms in total. The van der Waals surface area contributed by atoms with Crippen LogP contribution in [0.15, 0.2) is 48.5 Å². The number of ether oxygens (including phenoxy) is 1. The molecule has 0 aliphatic heterocycles. The number of aryl methyl sites for hydroxylation is 1. The highest BCUT2D eigenvalue weighted by Gasteiger charge is 2.18. The molecule has 138 valence electrons. The van der Waals surface area contributed by atoms with Gasteiger partial charge in [-0.3, -0.25) is 9.59 Å². The van der Waals surface area contributed by atoms with Gasteiger partial charge in [0.2, 0.25) is 11.8 Å². The molecule has 1 atom stereocenters. The molecule has 0 spiro atoms. The van der Waals surface area contributed by atoms with Crippen molar-refractivity contribution in [1.82, 2.24) is 5.32 Å². The lowest BCUT2D eigenvalue weighted by molar-refractivity contribution is -0.120. The summed E-state index contributed by atoms with van der Waals surface area (Å²) in [5.74, 6) is 0.308. The van der Waals surface area contributed by atoms with Crippen molar-refractivity contribution in [2.24, 2.45) is 0 Å². The maximum Gasteiger partial charge on any atom is 0.226 e. The average Bonchev–Trinajstić information content (AvgIpc) is 2.61. The second-order valence-corrected chi connectivity index (χ2v) is 6.26. The van der Waals surface area contributed by atoms with Gasteiger partial charge < -0.3 is 15.4 Å². The lowest BCUT2D eigenvalue weighted by atomic mass is 10.0. The zero-order valence-electron chi connectivity index (χ0n) is 15.5. The largest absolute Gasteiger partial charge is 0.491 e. The molecule has 26 heavy (non-hydrogen) atoms. The lowest BCUT2D eigenvalue weighted by Crippen LogP contribution is -2.29. The number of rotatable bonds is 8. The van der Waals surface area contributed by atoms with E-state index >= 15 is 0 Å². The van der Waals surface area contributed by atoms with Crippen LogP contribution in [0.2, 0.25) is 0 Å². The van der Waals surface area contributed by atoms with E-state index in [9.17, 15) is 9.59 Å². The fourth-order valence-corrected chi connectivity index (χ4v) is 2.63. The Morgan fingerprint density at radius 1 is 1.12 bits per heavy atom. The Balaban J connectivity index is 2.11. The molecule has 0 aromatic heterocycles. The van der Waals surface area contributed by atoms with Gasteiger partial charge in [0.05, 0.1) is 24.8 Å². The van der Waals surface area contributed by atoms with Crippen molar-refractivity contribution < 1.29 is 14.3 Å². The SMILES string of the molecule is CCCOc1cc(C)ccc1NC(=O)CC(NC(C)=O)c1ccccc1. The molecule has 0 saturated heterocycles. The minimum Gasteiger partial charge on any atom is -0.491 e. The maximum atomic E-state index is 12.6. The number of anilines is 1. The lowest BCUT2D eigenvalue weighted by Gasteiger charge is -2.19. The molecule has 0 radical (unpaired) electrons. The zero-order valence-corrected chi connectivity index (χ0v) is 15.5. The van der Waals surface area contributed by atoms with Crippen LogP contribution in [-0.4, -0.2) is 18.4 Å². The van der Waals surface area contributed by atoms with Crippen molar-refractivity contribution >= 4 is 17.5 Å². The zero-order chi connectivity index (χ0) is 18.9. The van der Waals surface area contributed by atoms with Gasteiger partial charge in [-0.2, -0.15) is 0 Å². The average molecular weight is 354 g/mol. The molecule has 2 aromatic carbocycles. The molecular weight excluding hydrogens is 328 g/mol. The number of hydrogen-bond acceptors (Lipinski definition) is 3. The summed E-state index contributed by atoms with van der Waals surface area (Å²) >= 11 is 0. The molecule has 2 aromatic rings. The number of hydrogen-bond donors (Lipinski definition) is 2. The minimum atomic E-state index is -0.376. The summed E-state index contributed by atoms with van der Waals surface area (Å²) in [6, 6.07) is 14.8. The van der Waals surface area contributed by atoms with E-state index in [0.717, 1.165) is 17.5 Å². The highest BCUT2D eigenvalue weighted by atomic mass is 16.5. The summed E-state index contributed by atoms with van der Waals surface area (Å²) in [7, 11) is 0. The minimum absolute atomic E-state index is 0.144. The third kappa shape index (κ3) is 5.92. The summed E-state index contributed by atoms with van der Waals surface area (Å²) in [6.07, 6.45) is 1.03. The summed E-state index contributed by atoms with van der Waals surface area (Å²) in [6.45, 7) is 6.05. The molecule has 5 heteroatoms. The van der Waals surface area contributed by atoms with E-state index in [1.54, 1.807) is 0 Å². The van der Waals surface area contributed by atoms with Crippen LogP contribution in [0.5, 0.6) is 5.75 Å². The quantitative estimate of drug-likeness (QED) is 0.753. The first-order valence-electron chi connectivity index (χ1n) is 8.85. The summed E-state index contributed by atoms with van der Waals surface area (Å²) < 4.78 is 5.74. The normalized spacial score (nSPS) is 11.5. The van der Waals surface area contributed by atoms with Crippen molar-refractivity contribution in [2.75, 3.05) is 11.9 Å². The number of amides is 2. The molecule has 0 aliphatic rings. The fraction of sp³-hybridized carbons (Fsp3) is 0.333. The Bertz CT molecular complexity index is 744. The molecule has 0 heterocycles. The van der Waals surface area contributed by atoms with Gasteiger partial charge in [0.25, 0.3) is 0 Å². The molecule has 2 amide bonds. The van der Waals surface area contributed by atoms with Crippen LogP contribution in [0.1, 0.15) is 43.9 Å². The Hall–Kier alpha value is -2.82. The van der Waals surface area contributed by atoms with Gasteiger partial charge in [-0.05, 0) is 36.6 Å². The van der Waals surface area contributed by atoms with Crippen LogP contribution in [0.3, 0.4) is 0 Å². The van der Waals surface area contributed by atoms with Crippen molar-refractivity contribution in [3.63, 3.8) is 0 Å². The summed E-state index contributed by atoms with van der Waals surface area (Å²) in [5, 5.41) is 5.74. The second kappa shape index (κ2) is 9.61. The number of nitrogens with one attached hydrogen (secondary N) is 2. The Kier molecular flexibility index (Phi) is 7.21. The number of carbonyl (C=O) groups is 2. The predicted octanol–water partition coefficient (Wildman–Crippen LogP) is 3.99.